The maximum atomic E-state index is 12.8. The Morgan fingerprint density at radius 1 is 1.17 bits per heavy atom. The van der Waals surface area contributed by atoms with Crippen molar-refractivity contribution in [2.75, 3.05) is 0 Å². The van der Waals surface area contributed by atoms with Crippen molar-refractivity contribution in [2.45, 2.75) is 39.2 Å². The highest BCUT2D eigenvalue weighted by molar-refractivity contribution is 5.74. The first kappa shape index (κ1) is 14.1. The van der Waals surface area contributed by atoms with Gasteiger partial charge in [-0.2, -0.15) is 0 Å². The van der Waals surface area contributed by atoms with E-state index in [9.17, 15) is 4.79 Å². The molecule has 4 rings (SSSR count). The van der Waals surface area contributed by atoms with Gasteiger partial charge in [0.05, 0.1) is 11.9 Å². The first-order chi connectivity index (χ1) is 11.2. The van der Waals surface area contributed by atoms with Crippen molar-refractivity contribution < 1.29 is 0 Å². The Labute approximate surface area is 134 Å². The zero-order chi connectivity index (χ0) is 15.8. The average molecular weight is 305 g/mol. The molecule has 1 aromatic carbocycles. The molecule has 4 heteroatoms. The molecular weight excluding hydrogens is 286 g/mol. The first-order valence-electron chi connectivity index (χ1n) is 8.14. The number of pyridine rings is 1. The van der Waals surface area contributed by atoms with Crippen LogP contribution < -0.4 is 5.56 Å². The Hall–Kier alpha value is -2.49. The fraction of sp³-hybridized carbons (Fsp3) is 0.316. The summed E-state index contributed by atoms with van der Waals surface area (Å²) in [5, 5.41) is 0.640. The van der Waals surface area contributed by atoms with Gasteiger partial charge in [0.2, 0.25) is 0 Å². The summed E-state index contributed by atoms with van der Waals surface area (Å²) in [6.45, 7) is 2.60. The molecule has 0 bridgehead atoms. The maximum absolute atomic E-state index is 12.8. The molecule has 0 aliphatic heterocycles. The summed E-state index contributed by atoms with van der Waals surface area (Å²) in [5.41, 5.74) is 5.22. The maximum Gasteiger partial charge on any atom is 0.263 e. The van der Waals surface area contributed by atoms with Crippen molar-refractivity contribution in [1.82, 2.24) is 14.5 Å². The number of benzene rings is 1. The lowest BCUT2D eigenvalue weighted by Crippen LogP contribution is -2.22. The second-order valence-corrected chi connectivity index (χ2v) is 6.34. The van der Waals surface area contributed by atoms with Gasteiger partial charge in [-0.3, -0.25) is 9.36 Å². The summed E-state index contributed by atoms with van der Waals surface area (Å²) in [6, 6.07) is 10.2. The molecule has 0 fully saturated rings. The van der Waals surface area contributed by atoms with E-state index in [4.69, 9.17) is 0 Å². The summed E-state index contributed by atoms with van der Waals surface area (Å²) < 4.78 is 1.67. The number of fused-ring (bicyclic) bond motifs is 2. The molecule has 0 amide bonds. The third kappa shape index (κ3) is 2.65. The number of rotatable bonds is 2. The molecule has 0 spiro atoms. The molecule has 0 saturated carbocycles. The minimum Gasteiger partial charge on any atom is -0.294 e. The van der Waals surface area contributed by atoms with Gasteiger partial charge in [-0.15, -0.1) is 0 Å². The predicted molar refractivity (Wildman–Crippen MR) is 90.7 cm³/mol. The van der Waals surface area contributed by atoms with Crippen LogP contribution in [-0.4, -0.2) is 14.5 Å². The van der Waals surface area contributed by atoms with Crippen LogP contribution in [-0.2, 0) is 19.4 Å². The second kappa shape index (κ2) is 5.61. The summed E-state index contributed by atoms with van der Waals surface area (Å²) in [4.78, 5) is 21.8. The largest absolute Gasteiger partial charge is 0.294 e. The topological polar surface area (TPSA) is 47.8 Å². The van der Waals surface area contributed by atoms with Crippen LogP contribution >= 0.6 is 0 Å². The van der Waals surface area contributed by atoms with E-state index in [2.05, 4.69) is 29.0 Å². The lowest BCUT2D eigenvalue weighted by atomic mass is 9.95. The van der Waals surface area contributed by atoms with Crippen molar-refractivity contribution in [3.63, 3.8) is 0 Å². The molecule has 23 heavy (non-hydrogen) atoms. The normalized spacial score (nSPS) is 14.0. The fourth-order valence-electron chi connectivity index (χ4n) is 3.33. The van der Waals surface area contributed by atoms with Crippen LogP contribution in [0.1, 0.15) is 35.2 Å². The van der Waals surface area contributed by atoms with Crippen LogP contribution in [0.3, 0.4) is 0 Å². The lowest BCUT2D eigenvalue weighted by Gasteiger charge is -2.15. The number of aryl methyl sites for hydroxylation is 3. The van der Waals surface area contributed by atoms with Crippen LogP contribution in [0.15, 0.2) is 41.5 Å². The van der Waals surface area contributed by atoms with E-state index in [1.54, 1.807) is 10.9 Å². The molecule has 0 unspecified atom stereocenters. The van der Waals surface area contributed by atoms with Crippen LogP contribution in [0.4, 0.5) is 0 Å². The first-order valence-corrected chi connectivity index (χ1v) is 8.14. The Bertz CT molecular complexity index is 943. The fourth-order valence-corrected chi connectivity index (χ4v) is 3.33. The lowest BCUT2D eigenvalue weighted by molar-refractivity contribution is 0.669. The number of hydrogen-bond acceptors (Lipinski definition) is 3. The van der Waals surface area contributed by atoms with Crippen LogP contribution in [0.2, 0.25) is 0 Å². The Balaban J connectivity index is 1.79. The van der Waals surface area contributed by atoms with Gasteiger partial charge >= 0.3 is 0 Å². The summed E-state index contributed by atoms with van der Waals surface area (Å²) in [5.74, 6) is 0. The Kier molecular flexibility index (Phi) is 3.45. The number of aromatic nitrogens is 3. The smallest absolute Gasteiger partial charge is 0.263 e. The molecule has 0 saturated heterocycles. The molecule has 116 valence electrons. The van der Waals surface area contributed by atoms with E-state index in [0.29, 0.717) is 17.6 Å². The highest BCUT2D eigenvalue weighted by Gasteiger charge is 2.14. The highest BCUT2D eigenvalue weighted by atomic mass is 16.1. The minimum atomic E-state index is -0.00243. The highest BCUT2D eigenvalue weighted by Crippen LogP contribution is 2.21. The zero-order valence-electron chi connectivity index (χ0n) is 13.2. The third-order valence-corrected chi connectivity index (χ3v) is 4.53. The second-order valence-electron chi connectivity index (χ2n) is 6.34. The predicted octanol–water partition coefficient (Wildman–Crippen LogP) is 3.03. The van der Waals surface area contributed by atoms with E-state index in [-0.39, 0.29) is 5.56 Å². The van der Waals surface area contributed by atoms with Crippen molar-refractivity contribution in [1.29, 1.82) is 0 Å². The van der Waals surface area contributed by atoms with Gasteiger partial charge in [0, 0.05) is 5.69 Å². The van der Waals surface area contributed by atoms with Crippen molar-refractivity contribution in [3.8, 4) is 0 Å². The zero-order valence-corrected chi connectivity index (χ0v) is 13.2. The van der Waals surface area contributed by atoms with E-state index in [0.717, 1.165) is 24.1 Å². The monoisotopic (exact) mass is 305 g/mol. The molecule has 1 aliphatic rings. The minimum absolute atomic E-state index is 0.00243. The van der Waals surface area contributed by atoms with E-state index in [1.165, 1.54) is 24.0 Å². The average Bonchev–Trinajstić information content (AvgIpc) is 2.56. The van der Waals surface area contributed by atoms with E-state index in [1.807, 2.05) is 18.2 Å². The summed E-state index contributed by atoms with van der Waals surface area (Å²) in [6.07, 6.45) is 5.99. The van der Waals surface area contributed by atoms with Crippen LogP contribution in [0.25, 0.3) is 11.0 Å². The molecule has 2 heterocycles. The van der Waals surface area contributed by atoms with Gasteiger partial charge in [0.25, 0.3) is 5.56 Å². The molecule has 0 radical (unpaired) electrons. The van der Waals surface area contributed by atoms with Gasteiger partial charge in [-0.1, -0.05) is 29.8 Å². The van der Waals surface area contributed by atoms with Gasteiger partial charge in [0.15, 0.2) is 5.65 Å². The molecule has 0 N–H and O–H groups in total. The molecule has 0 atom stereocenters. The van der Waals surface area contributed by atoms with Crippen molar-refractivity contribution >= 4 is 11.0 Å². The molecule has 1 aliphatic carbocycles. The van der Waals surface area contributed by atoms with Crippen LogP contribution in [0.5, 0.6) is 0 Å². The van der Waals surface area contributed by atoms with Gasteiger partial charge in [0.1, 0.15) is 6.33 Å². The Morgan fingerprint density at radius 3 is 2.91 bits per heavy atom. The van der Waals surface area contributed by atoms with Gasteiger partial charge < -0.3 is 0 Å². The SMILES string of the molecule is Cc1cccc(Cn2cnc3nc4c(cc3c2=O)CCCC4)c1. The summed E-state index contributed by atoms with van der Waals surface area (Å²) >= 11 is 0. The molecule has 4 nitrogen and oxygen atoms in total. The van der Waals surface area contributed by atoms with Gasteiger partial charge in [-0.25, -0.2) is 9.97 Å². The number of hydrogen-bond donors (Lipinski definition) is 0. The van der Waals surface area contributed by atoms with Crippen molar-refractivity contribution in [3.05, 3.63) is 69.4 Å². The molecule has 3 aromatic rings. The van der Waals surface area contributed by atoms with Gasteiger partial charge in [-0.05, 0) is 49.8 Å². The molecular formula is C19H19N3O. The summed E-state index contributed by atoms with van der Waals surface area (Å²) in [7, 11) is 0. The van der Waals surface area contributed by atoms with Crippen molar-refractivity contribution in [2.24, 2.45) is 0 Å². The Morgan fingerprint density at radius 2 is 2.04 bits per heavy atom. The van der Waals surface area contributed by atoms with Crippen LogP contribution in [0, 0.1) is 6.92 Å². The van der Waals surface area contributed by atoms with E-state index >= 15 is 0 Å². The number of nitrogens with zero attached hydrogens (tertiary/aromatic N) is 3. The third-order valence-electron chi connectivity index (χ3n) is 4.53. The molecule has 2 aromatic heterocycles. The standard InChI is InChI=1S/C19H19N3O/c1-13-5-4-6-14(9-13)11-22-12-20-18-16(19(22)23)10-15-7-2-3-8-17(15)21-18/h4-6,9-10,12H,2-3,7-8,11H2,1H3. The van der Waals surface area contributed by atoms with E-state index < -0.39 is 0 Å². The quantitative estimate of drug-likeness (QED) is 0.731.